The quantitative estimate of drug-likeness (QED) is 0.712. The lowest BCUT2D eigenvalue weighted by Gasteiger charge is -2.34. The maximum Gasteiger partial charge on any atom is 0.274 e. The number of amides is 1. The van der Waals surface area contributed by atoms with E-state index in [0.29, 0.717) is 18.3 Å². The summed E-state index contributed by atoms with van der Waals surface area (Å²) < 4.78 is 2.05. The third-order valence-corrected chi connectivity index (χ3v) is 6.51. The third kappa shape index (κ3) is 3.61. The van der Waals surface area contributed by atoms with E-state index in [4.69, 9.17) is 0 Å². The van der Waals surface area contributed by atoms with Crippen LogP contribution in [0.4, 0.5) is 0 Å². The van der Waals surface area contributed by atoms with Crippen LogP contribution < -0.4 is 5.32 Å². The zero-order chi connectivity index (χ0) is 20.5. The Morgan fingerprint density at radius 1 is 1.10 bits per heavy atom. The Bertz CT molecular complexity index is 1050. The number of fused-ring (bicyclic) bond motifs is 2. The molecular formula is C24H29N5O. The molecule has 1 saturated heterocycles. The molecule has 1 amide bonds. The van der Waals surface area contributed by atoms with Crippen molar-refractivity contribution in [2.75, 3.05) is 26.7 Å². The zero-order valence-electron chi connectivity index (χ0n) is 17.6. The van der Waals surface area contributed by atoms with Gasteiger partial charge in [-0.15, -0.1) is 0 Å². The van der Waals surface area contributed by atoms with Gasteiger partial charge in [0.25, 0.3) is 5.91 Å². The van der Waals surface area contributed by atoms with Gasteiger partial charge in [-0.05, 0) is 49.6 Å². The second kappa shape index (κ2) is 8.20. The Morgan fingerprint density at radius 2 is 1.87 bits per heavy atom. The first-order valence-electron chi connectivity index (χ1n) is 10.9. The molecule has 1 aromatic carbocycles. The van der Waals surface area contributed by atoms with Crippen molar-refractivity contribution in [3.05, 3.63) is 71.2 Å². The number of nitrogens with zero attached hydrogens (tertiary/aromatic N) is 4. The molecule has 0 saturated carbocycles. The molecule has 3 aromatic rings. The van der Waals surface area contributed by atoms with Gasteiger partial charge >= 0.3 is 0 Å². The van der Waals surface area contributed by atoms with Crippen molar-refractivity contribution in [3.8, 4) is 0 Å². The lowest BCUT2D eigenvalue weighted by molar-refractivity contribution is 0.0786. The van der Waals surface area contributed by atoms with Crippen LogP contribution in [0.2, 0.25) is 0 Å². The summed E-state index contributed by atoms with van der Waals surface area (Å²) in [5, 5.41) is 3.62. The van der Waals surface area contributed by atoms with Gasteiger partial charge in [0.15, 0.2) is 5.69 Å². The maximum absolute atomic E-state index is 13.1. The van der Waals surface area contributed by atoms with E-state index in [9.17, 15) is 4.79 Å². The number of hydrogen-bond acceptors (Lipinski definition) is 4. The summed E-state index contributed by atoms with van der Waals surface area (Å²) in [4.78, 5) is 22.2. The van der Waals surface area contributed by atoms with E-state index < -0.39 is 0 Å². The van der Waals surface area contributed by atoms with Crippen molar-refractivity contribution >= 4 is 11.6 Å². The Kier molecular flexibility index (Phi) is 5.27. The Hall–Kier alpha value is -2.70. The number of likely N-dealkylation sites (tertiary alicyclic amines) is 1. The van der Waals surface area contributed by atoms with Crippen LogP contribution in [0.5, 0.6) is 0 Å². The van der Waals surface area contributed by atoms with Gasteiger partial charge in [0.05, 0.1) is 5.69 Å². The number of carbonyl (C=O) groups is 1. The molecule has 2 aliphatic heterocycles. The second-order valence-electron chi connectivity index (χ2n) is 8.51. The summed E-state index contributed by atoms with van der Waals surface area (Å²) in [6.45, 7) is 4.17. The highest BCUT2D eigenvalue weighted by Gasteiger charge is 2.27. The summed E-state index contributed by atoms with van der Waals surface area (Å²) in [5.41, 5.74) is 5.26. The van der Waals surface area contributed by atoms with E-state index in [2.05, 4.69) is 50.9 Å². The first-order valence-corrected chi connectivity index (χ1v) is 10.9. The molecule has 4 heterocycles. The summed E-state index contributed by atoms with van der Waals surface area (Å²) in [6, 6.07) is 15.1. The van der Waals surface area contributed by atoms with Gasteiger partial charge in [-0.3, -0.25) is 9.69 Å². The van der Waals surface area contributed by atoms with Crippen LogP contribution in [0.3, 0.4) is 0 Å². The Balaban J connectivity index is 1.33. The summed E-state index contributed by atoms with van der Waals surface area (Å²) in [6.07, 6.45) is 5.22. The first kappa shape index (κ1) is 19.3. The second-order valence-corrected chi connectivity index (χ2v) is 8.51. The summed E-state index contributed by atoms with van der Waals surface area (Å²) >= 11 is 0. The van der Waals surface area contributed by atoms with Crippen LogP contribution in [0, 0.1) is 0 Å². The molecule has 156 valence electrons. The predicted octanol–water partition coefficient (Wildman–Crippen LogP) is 2.72. The van der Waals surface area contributed by atoms with Gasteiger partial charge in [0.1, 0.15) is 5.65 Å². The molecule has 1 fully saturated rings. The number of benzene rings is 1. The van der Waals surface area contributed by atoms with Crippen LogP contribution in [0.15, 0.2) is 48.7 Å². The van der Waals surface area contributed by atoms with Crippen molar-refractivity contribution in [1.82, 2.24) is 24.5 Å². The molecule has 2 aromatic heterocycles. The lowest BCUT2D eigenvalue weighted by atomic mass is 9.94. The normalized spacial score (nSPS) is 19.4. The number of pyridine rings is 1. The van der Waals surface area contributed by atoms with Crippen LogP contribution in [-0.4, -0.2) is 57.8 Å². The highest BCUT2D eigenvalue weighted by molar-refractivity contribution is 5.94. The van der Waals surface area contributed by atoms with E-state index in [-0.39, 0.29) is 5.91 Å². The van der Waals surface area contributed by atoms with E-state index in [0.717, 1.165) is 56.8 Å². The van der Waals surface area contributed by atoms with Crippen LogP contribution in [0.25, 0.3) is 5.65 Å². The van der Waals surface area contributed by atoms with Crippen molar-refractivity contribution in [2.45, 2.75) is 38.4 Å². The minimum absolute atomic E-state index is 0.0664. The molecule has 0 unspecified atom stereocenters. The molecule has 6 heteroatoms. The van der Waals surface area contributed by atoms with E-state index in [1.807, 2.05) is 29.3 Å². The molecule has 6 nitrogen and oxygen atoms in total. The van der Waals surface area contributed by atoms with Crippen molar-refractivity contribution in [2.24, 2.45) is 0 Å². The molecule has 30 heavy (non-hydrogen) atoms. The average molecular weight is 404 g/mol. The van der Waals surface area contributed by atoms with Crippen LogP contribution in [-0.2, 0) is 19.5 Å². The molecule has 2 aliphatic rings. The monoisotopic (exact) mass is 403 g/mol. The zero-order valence-corrected chi connectivity index (χ0v) is 17.6. The standard InChI is InChI=1S/C24H29N5O/c1-27-17-19-9-3-2-8-18(19)14-20(27)15-25-16-21-23(24(30)28-11-6-7-12-28)26-22-10-4-5-13-29(21)22/h2-5,8-10,13,20,25H,6-7,11-12,14-17H2,1H3/t20-/m1/s1. The third-order valence-electron chi connectivity index (χ3n) is 6.51. The maximum atomic E-state index is 13.1. The lowest BCUT2D eigenvalue weighted by Crippen LogP contribution is -2.44. The summed E-state index contributed by atoms with van der Waals surface area (Å²) in [5.74, 6) is 0.0664. The molecule has 5 rings (SSSR count). The van der Waals surface area contributed by atoms with E-state index in [1.54, 1.807) is 0 Å². The van der Waals surface area contributed by atoms with Crippen molar-refractivity contribution in [3.63, 3.8) is 0 Å². The number of nitrogens with one attached hydrogen (secondary N) is 1. The highest BCUT2D eigenvalue weighted by Crippen LogP contribution is 2.22. The van der Waals surface area contributed by atoms with Crippen LogP contribution >= 0.6 is 0 Å². The molecular weight excluding hydrogens is 374 g/mol. The van der Waals surface area contributed by atoms with E-state index >= 15 is 0 Å². The van der Waals surface area contributed by atoms with Crippen molar-refractivity contribution in [1.29, 1.82) is 0 Å². The molecule has 0 spiro atoms. The highest BCUT2D eigenvalue weighted by atomic mass is 16.2. The molecule has 0 aliphatic carbocycles. The topological polar surface area (TPSA) is 52.9 Å². The molecule has 1 N–H and O–H groups in total. The van der Waals surface area contributed by atoms with E-state index in [1.165, 1.54) is 11.1 Å². The first-order chi connectivity index (χ1) is 14.7. The van der Waals surface area contributed by atoms with Gasteiger partial charge in [-0.2, -0.15) is 0 Å². The fourth-order valence-corrected chi connectivity index (χ4v) is 4.76. The molecule has 0 radical (unpaired) electrons. The van der Waals surface area contributed by atoms with Gasteiger partial charge < -0.3 is 14.6 Å². The van der Waals surface area contributed by atoms with Crippen molar-refractivity contribution < 1.29 is 4.79 Å². The van der Waals surface area contributed by atoms with Gasteiger partial charge in [-0.1, -0.05) is 30.3 Å². The Labute approximate surface area is 177 Å². The van der Waals surface area contributed by atoms with Gasteiger partial charge in [-0.25, -0.2) is 4.98 Å². The van der Waals surface area contributed by atoms with Crippen LogP contribution in [0.1, 0.15) is 40.2 Å². The number of imidazole rings is 1. The minimum atomic E-state index is 0.0664. The largest absolute Gasteiger partial charge is 0.337 e. The predicted molar refractivity (Wildman–Crippen MR) is 117 cm³/mol. The minimum Gasteiger partial charge on any atom is -0.337 e. The molecule has 0 bridgehead atoms. The smallest absolute Gasteiger partial charge is 0.274 e. The number of hydrogen-bond donors (Lipinski definition) is 1. The fraction of sp³-hybridized carbons (Fsp3) is 0.417. The van der Waals surface area contributed by atoms with Gasteiger partial charge in [0.2, 0.25) is 0 Å². The number of carbonyl (C=O) groups excluding carboxylic acids is 1. The number of aromatic nitrogens is 2. The SMILES string of the molecule is CN1Cc2ccccc2C[C@@H]1CNCc1c(C(=O)N2CCCC2)nc2ccccn12. The average Bonchev–Trinajstić information content (AvgIpc) is 3.42. The number of rotatable bonds is 5. The number of likely N-dealkylation sites (N-methyl/N-ethyl adjacent to an activating group) is 1. The summed E-state index contributed by atoms with van der Waals surface area (Å²) in [7, 11) is 2.19. The Morgan fingerprint density at radius 3 is 2.70 bits per heavy atom. The fourth-order valence-electron chi connectivity index (χ4n) is 4.76. The van der Waals surface area contributed by atoms with Gasteiger partial charge in [0, 0.05) is 45.0 Å². The molecule has 1 atom stereocenters.